The van der Waals surface area contributed by atoms with Crippen molar-refractivity contribution >= 4 is 11.8 Å². The van der Waals surface area contributed by atoms with E-state index >= 15 is 0 Å². The monoisotopic (exact) mass is 206 g/mol. The van der Waals surface area contributed by atoms with Gasteiger partial charge < -0.3 is 0 Å². The highest BCUT2D eigenvalue weighted by Crippen LogP contribution is 2.13. The summed E-state index contributed by atoms with van der Waals surface area (Å²) in [5.74, 6) is 1.09. The fourth-order valence-corrected chi connectivity index (χ4v) is 1.93. The van der Waals surface area contributed by atoms with E-state index < -0.39 is 0 Å². The highest BCUT2D eigenvalue weighted by atomic mass is 32.2. The molecule has 0 saturated heterocycles. The van der Waals surface area contributed by atoms with Gasteiger partial charge in [0.15, 0.2) is 0 Å². The largest absolute Gasteiger partial charge is 0.130 e. The Morgan fingerprint density at radius 3 is 2.71 bits per heavy atom. The first-order valence-electron chi connectivity index (χ1n) is 5.24. The standard InChI is InChI=1S/C13H18S/c1-2-3-4-8-11-14-12-13-9-6-5-7-10-13/h5-11H,2-4,12H2,1H3/b11-8+. The van der Waals surface area contributed by atoms with Gasteiger partial charge in [0.1, 0.15) is 0 Å². The SMILES string of the molecule is CCCC/C=C/SCc1ccccc1. The van der Waals surface area contributed by atoms with Crippen LogP contribution >= 0.6 is 11.8 Å². The van der Waals surface area contributed by atoms with E-state index in [0.29, 0.717) is 0 Å². The van der Waals surface area contributed by atoms with Gasteiger partial charge in [-0.05, 0) is 17.4 Å². The van der Waals surface area contributed by atoms with Gasteiger partial charge in [-0.2, -0.15) is 0 Å². The number of hydrogen-bond donors (Lipinski definition) is 0. The molecule has 0 atom stereocenters. The van der Waals surface area contributed by atoms with Crippen LogP contribution in [0.5, 0.6) is 0 Å². The second kappa shape index (κ2) is 7.69. The average Bonchev–Trinajstić information content (AvgIpc) is 2.25. The summed E-state index contributed by atoms with van der Waals surface area (Å²) in [6.07, 6.45) is 6.09. The van der Waals surface area contributed by atoms with E-state index in [9.17, 15) is 0 Å². The summed E-state index contributed by atoms with van der Waals surface area (Å²) in [6.45, 7) is 2.23. The van der Waals surface area contributed by atoms with Crippen LogP contribution in [-0.4, -0.2) is 0 Å². The molecule has 0 fully saturated rings. The Morgan fingerprint density at radius 2 is 2.00 bits per heavy atom. The maximum atomic E-state index is 2.27. The quantitative estimate of drug-likeness (QED) is 0.612. The maximum absolute atomic E-state index is 2.27. The van der Waals surface area contributed by atoms with E-state index in [1.165, 1.54) is 24.8 Å². The van der Waals surface area contributed by atoms with Crippen molar-refractivity contribution < 1.29 is 0 Å². The van der Waals surface area contributed by atoms with Crippen LogP contribution < -0.4 is 0 Å². The Hall–Kier alpha value is -0.690. The third-order valence-electron chi connectivity index (χ3n) is 2.01. The van der Waals surface area contributed by atoms with Crippen LogP contribution in [0.25, 0.3) is 0 Å². The van der Waals surface area contributed by atoms with E-state index in [-0.39, 0.29) is 0 Å². The zero-order valence-electron chi connectivity index (χ0n) is 8.78. The predicted octanol–water partition coefficient (Wildman–Crippen LogP) is 4.62. The Kier molecular flexibility index (Phi) is 6.25. The fourth-order valence-electron chi connectivity index (χ4n) is 1.18. The molecule has 0 nitrogen and oxygen atoms in total. The van der Waals surface area contributed by atoms with Gasteiger partial charge in [-0.25, -0.2) is 0 Å². The van der Waals surface area contributed by atoms with Gasteiger partial charge in [-0.15, -0.1) is 11.8 Å². The third-order valence-corrected chi connectivity index (χ3v) is 2.89. The Balaban J connectivity index is 2.12. The molecule has 0 aliphatic heterocycles. The summed E-state index contributed by atoms with van der Waals surface area (Å²) in [5, 5.41) is 2.22. The van der Waals surface area contributed by atoms with Crippen molar-refractivity contribution in [1.82, 2.24) is 0 Å². The van der Waals surface area contributed by atoms with E-state index in [1.807, 2.05) is 11.8 Å². The normalized spacial score (nSPS) is 10.9. The van der Waals surface area contributed by atoms with Gasteiger partial charge >= 0.3 is 0 Å². The molecule has 0 aliphatic rings. The molecule has 0 radical (unpaired) electrons. The van der Waals surface area contributed by atoms with Crippen molar-refractivity contribution in [3.05, 3.63) is 47.4 Å². The fraction of sp³-hybridized carbons (Fsp3) is 0.385. The van der Waals surface area contributed by atoms with Crippen molar-refractivity contribution in [2.45, 2.75) is 31.9 Å². The number of allylic oxidation sites excluding steroid dienone is 1. The lowest BCUT2D eigenvalue weighted by Crippen LogP contribution is -1.75. The van der Waals surface area contributed by atoms with Crippen LogP contribution in [-0.2, 0) is 5.75 Å². The first-order chi connectivity index (χ1) is 6.93. The maximum Gasteiger partial charge on any atom is 0.0225 e. The molecule has 0 N–H and O–H groups in total. The highest BCUT2D eigenvalue weighted by molar-refractivity contribution is 8.01. The second-order valence-electron chi connectivity index (χ2n) is 3.31. The molecular weight excluding hydrogens is 188 g/mol. The van der Waals surface area contributed by atoms with Crippen molar-refractivity contribution in [2.24, 2.45) is 0 Å². The molecule has 0 saturated carbocycles. The summed E-state index contributed by atoms with van der Waals surface area (Å²) in [4.78, 5) is 0. The summed E-state index contributed by atoms with van der Waals surface area (Å²) >= 11 is 1.88. The molecule has 76 valence electrons. The molecule has 0 aliphatic carbocycles. The first kappa shape index (κ1) is 11.4. The van der Waals surface area contributed by atoms with Crippen LogP contribution in [0.3, 0.4) is 0 Å². The average molecular weight is 206 g/mol. The smallest absolute Gasteiger partial charge is 0.0225 e. The van der Waals surface area contributed by atoms with E-state index in [0.717, 1.165) is 5.75 Å². The number of thioether (sulfide) groups is 1. The lowest BCUT2D eigenvalue weighted by Gasteiger charge is -1.96. The van der Waals surface area contributed by atoms with Gasteiger partial charge in [-0.1, -0.05) is 56.2 Å². The minimum absolute atomic E-state index is 1.09. The topological polar surface area (TPSA) is 0 Å². The second-order valence-corrected chi connectivity index (χ2v) is 4.20. The minimum atomic E-state index is 1.09. The summed E-state index contributed by atoms with van der Waals surface area (Å²) in [5.41, 5.74) is 1.40. The van der Waals surface area contributed by atoms with E-state index in [4.69, 9.17) is 0 Å². The zero-order chi connectivity index (χ0) is 10.1. The van der Waals surface area contributed by atoms with Crippen LogP contribution in [0.4, 0.5) is 0 Å². The molecule has 0 bridgehead atoms. The predicted molar refractivity (Wildman–Crippen MR) is 66.4 cm³/mol. The summed E-state index contributed by atoms with van der Waals surface area (Å²) < 4.78 is 0. The molecule has 0 unspecified atom stereocenters. The van der Waals surface area contributed by atoms with Crippen molar-refractivity contribution in [3.8, 4) is 0 Å². The van der Waals surface area contributed by atoms with Crippen molar-refractivity contribution in [3.63, 3.8) is 0 Å². The van der Waals surface area contributed by atoms with Crippen LogP contribution in [0, 0.1) is 0 Å². The minimum Gasteiger partial charge on any atom is -0.130 e. The molecule has 1 rings (SSSR count). The van der Waals surface area contributed by atoms with E-state index in [1.54, 1.807) is 0 Å². The van der Waals surface area contributed by atoms with E-state index in [2.05, 4.69) is 48.7 Å². The molecule has 1 aromatic rings. The molecule has 1 aromatic carbocycles. The number of unbranched alkanes of at least 4 members (excludes halogenated alkanes) is 2. The number of rotatable bonds is 6. The van der Waals surface area contributed by atoms with Gasteiger partial charge in [-0.3, -0.25) is 0 Å². The van der Waals surface area contributed by atoms with Crippen molar-refractivity contribution in [1.29, 1.82) is 0 Å². The molecule has 0 heterocycles. The van der Waals surface area contributed by atoms with Crippen LogP contribution in [0.15, 0.2) is 41.8 Å². The van der Waals surface area contributed by atoms with Crippen LogP contribution in [0.2, 0.25) is 0 Å². The lowest BCUT2D eigenvalue weighted by atomic mass is 10.2. The molecule has 1 heteroatoms. The summed E-state index contributed by atoms with van der Waals surface area (Å²) in [7, 11) is 0. The Labute approximate surface area is 91.4 Å². The lowest BCUT2D eigenvalue weighted by molar-refractivity contribution is 0.815. The third kappa shape index (κ3) is 5.13. The van der Waals surface area contributed by atoms with Gasteiger partial charge in [0.25, 0.3) is 0 Å². The zero-order valence-corrected chi connectivity index (χ0v) is 9.59. The highest BCUT2D eigenvalue weighted by Gasteiger charge is 1.87. The first-order valence-corrected chi connectivity index (χ1v) is 6.29. The Morgan fingerprint density at radius 1 is 1.21 bits per heavy atom. The van der Waals surface area contributed by atoms with Gasteiger partial charge in [0, 0.05) is 5.75 Å². The number of benzene rings is 1. The molecule has 0 amide bonds. The Bertz CT molecular complexity index is 251. The number of hydrogen-bond acceptors (Lipinski definition) is 1. The van der Waals surface area contributed by atoms with Crippen LogP contribution in [0.1, 0.15) is 31.7 Å². The van der Waals surface area contributed by atoms with Gasteiger partial charge in [0.2, 0.25) is 0 Å². The molecular formula is C13H18S. The summed E-state index contributed by atoms with van der Waals surface area (Å²) in [6, 6.07) is 10.6. The molecule has 14 heavy (non-hydrogen) atoms. The van der Waals surface area contributed by atoms with Crippen molar-refractivity contribution in [2.75, 3.05) is 0 Å². The molecule has 0 aromatic heterocycles. The van der Waals surface area contributed by atoms with Gasteiger partial charge in [0.05, 0.1) is 0 Å². The molecule has 0 spiro atoms.